The molecule has 1 N–H and O–H groups in total. The topological polar surface area (TPSA) is 56.9 Å². The van der Waals surface area contributed by atoms with Crippen LogP contribution in [-0.4, -0.2) is 10.1 Å². The van der Waals surface area contributed by atoms with Gasteiger partial charge in [0.2, 0.25) is 0 Å². The average molecular weight is 224 g/mol. The van der Waals surface area contributed by atoms with Crippen molar-refractivity contribution in [2.75, 3.05) is 0 Å². The number of hydrogen-bond acceptors (Lipinski definition) is 3. The highest BCUT2D eigenvalue weighted by Crippen LogP contribution is 2.17. The van der Waals surface area contributed by atoms with Crippen molar-refractivity contribution in [2.24, 2.45) is 0 Å². The van der Waals surface area contributed by atoms with Crippen molar-refractivity contribution in [3.63, 3.8) is 0 Å². The van der Waals surface area contributed by atoms with Gasteiger partial charge in [-0.05, 0) is 29.8 Å². The first-order valence-electron chi connectivity index (χ1n) is 5.37. The molecule has 2 aromatic rings. The molecule has 0 aliphatic carbocycles. The zero-order valence-corrected chi connectivity index (χ0v) is 9.24. The monoisotopic (exact) mass is 224 g/mol. The quantitative estimate of drug-likeness (QED) is 0.869. The molecule has 0 aliphatic rings. The predicted molar refractivity (Wildman–Crippen MR) is 64.1 cm³/mol. The van der Waals surface area contributed by atoms with Crippen LogP contribution in [0.4, 0.5) is 0 Å². The Morgan fingerprint density at radius 1 is 1.18 bits per heavy atom. The Balaban J connectivity index is 2.10. The van der Waals surface area contributed by atoms with Crippen molar-refractivity contribution < 1.29 is 5.11 Å². The van der Waals surface area contributed by atoms with Gasteiger partial charge in [-0.15, -0.1) is 0 Å². The molecule has 1 heterocycles. The Bertz CT molecular complexity index is 514. The van der Waals surface area contributed by atoms with E-state index >= 15 is 0 Å². The smallest absolute Gasteiger partial charge is 0.0991 e. The number of hydrogen-bond donors (Lipinski definition) is 1. The van der Waals surface area contributed by atoms with Crippen molar-refractivity contribution in [3.05, 3.63) is 65.5 Å². The lowest BCUT2D eigenvalue weighted by Gasteiger charge is -2.10. The summed E-state index contributed by atoms with van der Waals surface area (Å²) in [6.45, 7) is 0. The minimum Gasteiger partial charge on any atom is -0.388 e. The zero-order chi connectivity index (χ0) is 12.1. The minimum atomic E-state index is -0.586. The SMILES string of the molecule is N#Cc1ccc(C(O)Cc2ccccn2)cc1. The first kappa shape index (κ1) is 11.3. The van der Waals surface area contributed by atoms with Crippen LogP contribution in [0.15, 0.2) is 48.7 Å². The summed E-state index contributed by atoms with van der Waals surface area (Å²) in [6.07, 6.45) is 1.60. The average Bonchev–Trinajstić information content (AvgIpc) is 2.40. The van der Waals surface area contributed by atoms with Crippen molar-refractivity contribution in [3.8, 4) is 6.07 Å². The number of pyridine rings is 1. The lowest BCUT2D eigenvalue weighted by atomic mass is 10.0. The molecule has 0 saturated heterocycles. The third kappa shape index (κ3) is 2.90. The van der Waals surface area contributed by atoms with E-state index in [1.807, 2.05) is 24.3 Å². The summed E-state index contributed by atoms with van der Waals surface area (Å²) in [5.41, 5.74) is 2.25. The standard InChI is InChI=1S/C14H12N2O/c15-10-11-4-6-12(7-5-11)14(17)9-13-3-1-2-8-16-13/h1-8,14,17H,9H2. The van der Waals surface area contributed by atoms with Gasteiger partial charge in [-0.2, -0.15) is 5.26 Å². The van der Waals surface area contributed by atoms with Gasteiger partial charge < -0.3 is 5.11 Å². The molecule has 0 bridgehead atoms. The van der Waals surface area contributed by atoms with E-state index in [9.17, 15) is 5.11 Å². The summed E-state index contributed by atoms with van der Waals surface area (Å²) in [4.78, 5) is 4.17. The summed E-state index contributed by atoms with van der Waals surface area (Å²) in [5, 5.41) is 18.7. The van der Waals surface area contributed by atoms with E-state index in [1.54, 1.807) is 30.5 Å². The molecule has 0 radical (unpaired) electrons. The van der Waals surface area contributed by atoms with Crippen LogP contribution in [0, 0.1) is 11.3 Å². The molecule has 0 aliphatic heterocycles. The fourth-order valence-electron chi connectivity index (χ4n) is 1.61. The van der Waals surface area contributed by atoms with Crippen LogP contribution >= 0.6 is 0 Å². The van der Waals surface area contributed by atoms with Gasteiger partial charge >= 0.3 is 0 Å². The first-order valence-corrected chi connectivity index (χ1v) is 5.37. The Labute approximate surface area is 100.0 Å². The van der Waals surface area contributed by atoms with Crippen LogP contribution in [0.3, 0.4) is 0 Å². The molecule has 1 unspecified atom stereocenters. The second-order valence-electron chi connectivity index (χ2n) is 3.77. The van der Waals surface area contributed by atoms with E-state index in [1.165, 1.54) is 0 Å². The molecule has 0 saturated carbocycles. The third-order valence-electron chi connectivity index (χ3n) is 2.55. The van der Waals surface area contributed by atoms with Gasteiger partial charge in [0.25, 0.3) is 0 Å². The number of aromatic nitrogens is 1. The molecule has 1 atom stereocenters. The van der Waals surface area contributed by atoms with Gasteiger partial charge in [0.05, 0.1) is 17.7 Å². The van der Waals surface area contributed by atoms with Gasteiger partial charge in [-0.25, -0.2) is 0 Å². The second kappa shape index (κ2) is 5.24. The summed E-state index contributed by atoms with van der Waals surface area (Å²) in [5.74, 6) is 0. The van der Waals surface area contributed by atoms with Crippen molar-refractivity contribution in [1.29, 1.82) is 5.26 Å². The summed E-state index contributed by atoms with van der Waals surface area (Å²) in [7, 11) is 0. The first-order chi connectivity index (χ1) is 8.29. The van der Waals surface area contributed by atoms with E-state index in [0.717, 1.165) is 11.3 Å². The van der Waals surface area contributed by atoms with E-state index < -0.39 is 6.10 Å². The Morgan fingerprint density at radius 3 is 2.53 bits per heavy atom. The molecule has 17 heavy (non-hydrogen) atoms. The van der Waals surface area contributed by atoms with E-state index in [-0.39, 0.29) is 0 Å². The molecule has 3 nitrogen and oxygen atoms in total. The number of nitrogens with zero attached hydrogens (tertiary/aromatic N) is 2. The van der Waals surface area contributed by atoms with Gasteiger partial charge in [-0.1, -0.05) is 18.2 Å². The maximum Gasteiger partial charge on any atom is 0.0991 e. The van der Waals surface area contributed by atoms with E-state index in [2.05, 4.69) is 4.98 Å². The summed E-state index contributed by atoms with van der Waals surface area (Å²) < 4.78 is 0. The zero-order valence-electron chi connectivity index (χ0n) is 9.24. The molecule has 0 fully saturated rings. The highest BCUT2D eigenvalue weighted by molar-refractivity contribution is 5.32. The Hall–Kier alpha value is -2.18. The maximum atomic E-state index is 10.0. The van der Waals surface area contributed by atoms with Gasteiger partial charge in [-0.3, -0.25) is 4.98 Å². The van der Waals surface area contributed by atoms with E-state index in [4.69, 9.17) is 5.26 Å². The van der Waals surface area contributed by atoms with Gasteiger partial charge in [0.15, 0.2) is 0 Å². The minimum absolute atomic E-state index is 0.479. The lowest BCUT2D eigenvalue weighted by molar-refractivity contribution is 0.177. The number of nitriles is 1. The molecule has 1 aromatic heterocycles. The normalized spacial score (nSPS) is 11.8. The molecule has 84 valence electrons. The van der Waals surface area contributed by atoms with Crippen molar-refractivity contribution >= 4 is 0 Å². The third-order valence-corrected chi connectivity index (χ3v) is 2.55. The van der Waals surface area contributed by atoms with Gasteiger partial charge in [0, 0.05) is 18.3 Å². The highest BCUT2D eigenvalue weighted by Gasteiger charge is 2.08. The van der Waals surface area contributed by atoms with Gasteiger partial charge in [0.1, 0.15) is 0 Å². The summed E-state index contributed by atoms with van der Waals surface area (Å²) >= 11 is 0. The predicted octanol–water partition coefficient (Wildman–Crippen LogP) is 2.23. The molecule has 0 amide bonds. The molecule has 2 rings (SSSR count). The van der Waals surface area contributed by atoms with Crippen molar-refractivity contribution in [1.82, 2.24) is 4.98 Å². The molecular weight excluding hydrogens is 212 g/mol. The Kier molecular flexibility index (Phi) is 3.49. The maximum absolute atomic E-state index is 10.0. The molecular formula is C14H12N2O. The fourth-order valence-corrected chi connectivity index (χ4v) is 1.61. The molecule has 0 spiro atoms. The van der Waals surface area contributed by atoms with Crippen LogP contribution in [-0.2, 0) is 6.42 Å². The number of aliphatic hydroxyl groups is 1. The fraction of sp³-hybridized carbons (Fsp3) is 0.143. The van der Waals surface area contributed by atoms with Crippen LogP contribution in [0.2, 0.25) is 0 Å². The van der Waals surface area contributed by atoms with Crippen molar-refractivity contribution in [2.45, 2.75) is 12.5 Å². The van der Waals surface area contributed by atoms with Crippen LogP contribution in [0.1, 0.15) is 22.9 Å². The molecule has 1 aromatic carbocycles. The van der Waals surface area contributed by atoms with Crippen LogP contribution in [0.25, 0.3) is 0 Å². The number of rotatable bonds is 3. The lowest BCUT2D eigenvalue weighted by Crippen LogP contribution is -2.03. The number of benzene rings is 1. The van der Waals surface area contributed by atoms with E-state index in [0.29, 0.717) is 12.0 Å². The van der Waals surface area contributed by atoms with Crippen LogP contribution < -0.4 is 0 Å². The number of aliphatic hydroxyl groups excluding tert-OH is 1. The Morgan fingerprint density at radius 2 is 1.94 bits per heavy atom. The highest BCUT2D eigenvalue weighted by atomic mass is 16.3. The largest absolute Gasteiger partial charge is 0.388 e. The second-order valence-corrected chi connectivity index (χ2v) is 3.77. The molecule has 3 heteroatoms. The van der Waals surface area contributed by atoms with Crippen LogP contribution in [0.5, 0.6) is 0 Å². The summed E-state index contributed by atoms with van der Waals surface area (Å²) in [6, 6.07) is 14.6.